The third-order valence-electron chi connectivity index (χ3n) is 2.98. The topological polar surface area (TPSA) is 38.9 Å². The summed E-state index contributed by atoms with van der Waals surface area (Å²) in [6.45, 7) is 3.50. The second-order valence-corrected chi connectivity index (χ2v) is 4.45. The number of alkyl halides is 3. The summed E-state index contributed by atoms with van der Waals surface area (Å²) < 4.78 is 37.8. The van der Waals surface area contributed by atoms with E-state index >= 15 is 0 Å². The Balaban J connectivity index is 2.52. The van der Waals surface area contributed by atoms with Gasteiger partial charge in [-0.15, -0.1) is 0 Å². The normalized spacial score (nSPS) is 11.6. The first kappa shape index (κ1) is 13.4. The van der Waals surface area contributed by atoms with E-state index in [1.165, 1.54) is 6.07 Å². The molecule has 0 fully saturated rings. The van der Waals surface area contributed by atoms with Crippen LogP contribution in [-0.4, -0.2) is 4.98 Å². The van der Waals surface area contributed by atoms with Crippen molar-refractivity contribution < 1.29 is 13.2 Å². The molecule has 1 heterocycles. The molecule has 0 saturated heterocycles. The summed E-state index contributed by atoms with van der Waals surface area (Å²) in [5.74, 6) is 0.394. The average molecular weight is 266 g/mol. The number of hydrogen-bond donors (Lipinski definition) is 1. The molecule has 2 rings (SSSR count). The highest BCUT2D eigenvalue weighted by Gasteiger charge is 2.30. The van der Waals surface area contributed by atoms with Gasteiger partial charge >= 0.3 is 6.18 Å². The van der Waals surface area contributed by atoms with Gasteiger partial charge in [0.25, 0.3) is 0 Å². The molecule has 0 aliphatic carbocycles. The molecule has 0 saturated carbocycles. The van der Waals surface area contributed by atoms with Gasteiger partial charge in [-0.05, 0) is 48.7 Å². The first-order chi connectivity index (χ1) is 8.79. The van der Waals surface area contributed by atoms with E-state index in [4.69, 9.17) is 5.73 Å². The zero-order chi connectivity index (χ0) is 14.2. The lowest BCUT2D eigenvalue weighted by molar-refractivity contribution is -0.137. The van der Waals surface area contributed by atoms with Crippen LogP contribution in [0.1, 0.15) is 16.7 Å². The van der Waals surface area contributed by atoms with Crippen LogP contribution in [-0.2, 0) is 6.18 Å². The fraction of sp³-hybridized carbons (Fsp3) is 0.214. The van der Waals surface area contributed by atoms with Crippen molar-refractivity contribution in [3.05, 3.63) is 47.2 Å². The summed E-state index contributed by atoms with van der Waals surface area (Å²) in [6.07, 6.45) is -2.74. The number of hydrogen-bond acceptors (Lipinski definition) is 2. The smallest absolute Gasteiger partial charge is 0.384 e. The molecule has 100 valence electrons. The molecule has 2 aromatic rings. The van der Waals surface area contributed by atoms with E-state index in [0.29, 0.717) is 11.4 Å². The standard InChI is InChI=1S/C14H13F3N2/c1-8-5-10(14(15,16)17)3-4-11(8)12-7-19-13(18)6-9(12)2/h3-7H,1-2H3,(H2,18,19). The Labute approximate surface area is 109 Å². The minimum Gasteiger partial charge on any atom is -0.384 e. The van der Waals surface area contributed by atoms with Gasteiger partial charge in [0.05, 0.1) is 5.56 Å². The lowest BCUT2D eigenvalue weighted by Gasteiger charge is -2.13. The Morgan fingerprint density at radius 1 is 1.00 bits per heavy atom. The Morgan fingerprint density at radius 2 is 1.63 bits per heavy atom. The van der Waals surface area contributed by atoms with Crippen LogP contribution in [0, 0.1) is 13.8 Å². The average Bonchev–Trinajstić information content (AvgIpc) is 2.28. The van der Waals surface area contributed by atoms with Crippen molar-refractivity contribution in [3.63, 3.8) is 0 Å². The third kappa shape index (κ3) is 2.70. The molecule has 0 unspecified atom stereocenters. The quantitative estimate of drug-likeness (QED) is 0.848. The van der Waals surface area contributed by atoms with Gasteiger partial charge in [0.15, 0.2) is 0 Å². The fourth-order valence-electron chi connectivity index (χ4n) is 2.00. The van der Waals surface area contributed by atoms with Crippen molar-refractivity contribution in [2.75, 3.05) is 5.73 Å². The Kier molecular flexibility index (Phi) is 3.22. The first-order valence-corrected chi connectivity index (χ1v) is 5.69. The van der Waals surface area contributed by atoms with Crippen LogP contribution in [0.2, 0.25) is 0 Å². The van der Waals surface area contributed by atoms with E-state index < -0.39 is 11.7 Å². The van der Waals surface area contributed by atoms with Crippen molar-refractivity contribution in [3.8, 4) is 11.1 Å². The maximum atomic E-state index is 12.6. The number of rotatable bonds is 1. The summed E-state index contributed by atoms with van der Waals surface area (Å²) in [5, 5.41) is 0. The van der Waals surface area contributed by atoms with Crippen LogP contribution in [0.25, 0.3) is 11.1 Å². The van der Waals surface area contributed by atoms with Crippen LogP contribution < -0.4 is 5.73 Å². The zero-order valence-electron chi connectivity index (χ0n) is 10.5. The second kappa shape index (κ2) is 4.57. The molecule has 1 aromatic carbocycles. The van der Waals surface area contributed by atoms with Gasteiger partial charge < -0.3 is 5.73 Å². The summed E-state index contributed by atoms with van der Waals surface area (Å²) in [7, 11) is 0. The molecule has 5 heteroatoms. The number of nitrogen functional groups attached to an aromatic ring is 1. The van der Waals surface area contributed by atoms with Crippen molar-refractivity contribution in [2.24, 2.45) is 0 Å². The zero-order valence-corrected chi connectivity index (χ0v) is 10.5. The van der Waals surface area contributed by atoms with Crippen LogP contribution in [0.4, 0.5) is 19.0 Å². The maximum Gasteiger partial charge on any atom is 0.416 e. The van der Waals surface area contributed by atoms with Crippen LogP contribution in [0.15, 0.2) is 30.5 Å². The molecule has 0 amide bonds. The lowest BCUT2D eigenvalue weighted by atomic mass is 9.96. The highest BCUT2D eigenvalue weighted by atomic mass is 19.4. The SMILES string of the molecule is Cc1cc(C(F)(F)F)ccc1-c1cnc(N)cc1C. The minimum absolute atomic E-state index is 0.394. The highest BCUT2D eigenvalue weighted by molar-refractivity contribution is 5.71. The molecular formula is C14H13F3N2. The predicted molar refractivity (Wildman–Crippen MR) is 68.6 cm³/mol. The van der Waals surface area contributed by atoms with Gasteiger partial charge in [-0.1, -0.05) is 6.07 Å². The van der Waals surface area contributed by atoms with Gasteiger partial charge in [0.1, 0.15) is 5.82 Å². The Bertz CT molecular complexity index is 619. The number of nitrogens with zero attached hydrogens (tertiary/aromatic N) is 1. The minimum atomic E-state index is -4.32. The van der Waals surface area contributed by atoms with Crippen molar-refractivity contribution >= 4 is 5.82 Å². The van der Waals surface area contributed by atoms with Gasteiger partial charge in [-0.25, -0.2) is 4.98 Å². The number of benzene rings is 1. The van der Waals surface area contributed by atoms with E-state index in [2.05, 4.69) is 4.98 Å². The largest absolute Gasteiger partial charge is 0.416 e. The fourth-order valence-corrected chi connectivity index (χ4v) is 2.00. The number of aromatic nitrogens is 1. The van der Waals surface area contributed by atoms with E-state index in [1.807, 2.05) is 6.92 Å². The van der Waals surface area contributed by atoms with Gasteiger partial charge in [0, 0.05) is 11.8 Å². The van der Waals surface area contributed by atoms with Crippen molar-refractivity contribution in [2.45, 2.75) is 20.0 Å². The second-order valence-electron chi connectivity index (χ2n) is 4.45. The van der Waals surface area contributed by atoms with Crippen LogP contribution in [0.3, 0.4) is 0 Å². The monoisotopic (exact) mass is 266 g/mol. The van der Waals surface area contributed by atoms with Gasteiger partial charge in [-0.2, -0.15) is 13.2 Å². The first-order valence-electron chi connectivity index (χ1n) is 5.69. The predicted octanol–water partition coefficient (Wildman–Crippen LogP) is 3.97. The molecule has 0 spiro atoms. The number of anilines is 1. The van der Waals surface area contributed by atoms with Crippen molar-refractivity contribution in [1.29, 1.82) is 0 Å². The molecule has 0 bridgehead atoms. The van der Waals surface area contributed by atoms with E-state index in [-0.39, 0.29) is 0 Å². The molecule has 0 radical (unpaired) electrons. The molecule has 0 aliphatic heterocycles. The number of aryl methyl sites for hydroxylation is 2. The van der Waals surface area contributed by atoms with Crippen LogP contribution >= 0.6 is 0 Å². The summed E-state index contributed by atoms with van der Waals surface area (Å²) >= 11 is 0. The number of halogens is 3. The Morgan fingerprint density at radius 3 is 2.16 bits per heavy atom. The lowest BCUT2D eigenvalue weighted by Crippen LogP contribution is -2.05. The molecule has 0 atom stereocenters. The number of pyridine rings is 1. The molecule has 1 aromatic heterocycles. The van der Waals surface area contributed by atoms with Gasteiger partial charge in [-0.3, -0.25) is 0 Å². The summed E-state index contributed by atoms with van der Waals surface area (Å²) in [5.41, 5.74) is 7.89. The van der Waals surface area contributed by atoms with Crippen LogP contribution in [0.5, 0.6) is 0 Å². The van der Waals surface area contributed by atoms with Gasteiger partial charge in [0.2, 0.25) is 0 Å². The molecule has 2 N–H and O–H groups in total. The highest BCUT2D eigenvalue weighted by Crippen LogP contribution is 2.34. The van der Waals surface area contributed by atoms with Crippen molar-refractivity contribution in [1.82, 2.24) is 4.98 Å². The number of nitrogens with two attached hydrogens (primary N) is 1. The molecule has 19 heavy (non-hydrogen) atoms. The molecule has 0 aliphatic rings. The molecule has 2 nitrogen and oxygen atoms in total. The van der Waals surface area contributed by atoms with E-state index in [1.54, 1.807) is 19.2 Å². The maximum absolute atomic E-state index is 12.6. The summed E-state index contributed by atoms with van der Waals surface area (Å²) in [4.78, 5) is 3.98. The summed E-state index contributed by atoms with van der Waals surface area (Å²) in [6, 6.07) is 5.40. The Hall–Kier alpha value is -2.04. The van der Waals surface area contributed by atoms with E-state index in [9.17, 15) is 13.2 Å². The van der Waals surface area contributed by atoms with E-state index in [0.717, 1.165) is 28.8 Å². The molecular weight excluding hydrogens is 253 g/mol. The third-order valence-corrected chi connectivity index (χ3v) is 2.98.